The number of amides is 1. The van der Waals surface area contributed by atoms with Crippen LogP contribution >= 0.6 is 0 Å². The van der Waals surface area contributed by atoms with Crippen molar-refractivity contribution in [1.29, 1.82) is 0 Å². The molecule has 1 saturated heterocycles. The molecule has 31 heavy (non-hydrogen) atoms. The number of hydrogen-bond donors (Lipinski definition) is 0. The van der Waals surface area contributed by atoms with Crippen LogP contribution in [0.1, 0.15) is 82.9 Å². The molecule has 0 saturated carbocycles. The van der Waals surface area contributed by atoms with Crippen LogP contribution in [0, 0.1) is 0 Å². The Morgan fingerprint density at radius 2 is 1.65 bits per heavy atom. The minimum Gasteiger partial charge on any atom is -0.343 e. The van der Waals surface area contributed by atoms with E-state index in [0.29, 0.717) is 5.91 Å². The highest BCUT2D eigenvalue weighted by Crippen LogP contribution is 2.34. The van der Waals surface area contributed by atoms with Gasteiger partial charge in [-0.05, 0) is 56.7 Å². The van der Waals surface area contributed by atoms with Crippen molar-refractivity contribution in [3.63, 3.8) is 0 Å². The van der Waals surface area contributed by atoms with Crippen molar-refractivity contribution < 1.29 is 4.79 Å². The lowest BCUT2D eigenvalue weighted by Gasteiger charge is -2.39. The third-order valence-electron chi connectivity index (χ3n) is 7.37. The van der Waals surface area contributed by atoms with Gasteiger partial charge in [0.25, 0.3) is 0 Å². The number of aryl methyl sites for hydroxylation is 1. The van der Waals surface area contributed by atoms with Crippen molar-refractivity contribution in [3.05, 3.63) is 35.5 Å². The summed E-state index contributed by atoms with van der Waals surface area (Å²) in [5.74, 6) is 0.379. The first-order chi connectivity index (χ1) is 15.2. The molecule has 2 aliphatic heterocycles. The molecule has 1 atom stereocenters. The number of nitrogens with zero attached hydrogens (tertiary/aromatic N) is 3. The van der Waals surface area contributed by atoms with Gasteiger partial charge < -0.3 is 9.47 Å². The number of unbranched alkanes of at least 4 members (excludes halogenated alkanes) is 4. The number of benzene rings is 1. The number of carbonyl (C=O) groups excluding carboxylic acids is 1. The molecule has 170 valence electrons. The maximum atomic E-state index is 13.6. The Morgan fingerprint density at radius 3 is 2.39 bits per heavy atom. The van der Waals surface area contributed by atoms with Gasteiger partial charge in [-0.25, -0.2) is 0 Å². The van der Waals surface area contributed by atoms with Crippen LogP contribution in [0.15, 0.2) is 24.3 Å². The number of piperidine rings is 1. The average Bonchev–Trinajstić information content (AvgIpc) is 3.12. The summed E-state index contributed by atoms with van der Waals surface area (Å²) in [6.45, 7) is 9.48. The third kappa shape index (κ3) is 4.84. The number of aromatic nitrogens is 1. The highest BCUT2D eigenvalue weighted by atomic mass is 16.2. The molecule has 4 rings (SSSR count). The Labute approximate surface area is 188 Å². The molecule has 2 aliphatic rings. The number of para-hydroxylation sites is 1. The second-order valence-electron chi connectivity index (χ2n) is 9.58. The highest BCUT2D eigenvalue weighted by Gasteiger charge is 2.36. The summed E-state index contributed by atoms with van der Waals surface area (Å²) >= 11 is 0. The molecule has 0 spiro atoms. The van der Waals surface area contributed by atoms with E-state index in [1.54, 1.807) is 0 Å². The normalized spacial score (nSPS) is 19.7. The lowest BCUT2D eigenvalue weighted by molar-refractivity contribution is -0.138. The standard InChI is InChI=1S/C27H41N3O/c1-3-5-10-18-29-21-26-23(20-25(29)27(31)28-16-12-7-13-17-28)22-14-8-9-15-24(22)30(26)19-11-6-4-2/h8-9,14-15,25H,3-7,10-13,16-21H2,1-2H3/t25-/m1/s1. The summed E-state index contributed by atoms with van der Waals surface area (Å²) in [4.78, 5) is 18.3. The summed E-state index contributed by atoms with van der Waals surface area (Å²) < 4.78 is 2.58. The van der Waals surface area contributed by atoms with E-state index in [1.807, 2.05) is 0 Å². The van der Waals surface area contributed by atoms with Gasteiger partial charge in [-0.15, -0.1) is 0 Å². The predicted octanol–water partition coefficient (Wildman–Crippen LogP) is 5.76. The zero-order chi connectivity index (χ0) is 21.6. The second-order valence-corrected chi connectivity index (χ2v) is 9.58. The fourth-order valence-corrected chi connectivity index (χ4v) is 5.61. The third-order valence-corrected chi connectivity index (χ3v) is 7.37. The molecule has 1 amide bonds. The van der Waals surface area contributed by atoms with Crippen molar-refractivity contribution >= 4 is 16.8 Å². The number of fused-ring (bicyclic) bond motifs is 3. The lowest BCUT2D eigenvalue weighted by atomic mass is 9.94. The smallest absolute Gasteiger partial charge is 0.240 e. The van der Waals surface area contributed by atoms with Gasteiger partial charge in [0.2, 0.25) is 5.91 Å². The van der Waals surface area contributed by atoms with Crippen molar-refractivity contribution in [1.82, 2.24) is 14.4 Å². The molecule has 0 bridgehead atoms. The van der Waals surface area contributed by atoms with E-state index in [2.05, 4.69) is 52.5 Å². The Morgan fingerprint density at radius 1 is 0.935 bits per heavy atom. The van der Waals surface area contributed by atoms with Crippen LogP contribution in [-0.2, 0) is 24.3 Å². The van der Waals surface area contributed by atoms with Crippen molar-refractivity contribution in [2.45, 2.75) is 97.2 Å². The molecule has 0 unspecified atom stereocenters. The van der Waals surface area contributed by atoms with Gasteiger partial charge in [-0.1, -0.05) is 57.7 Å². The van der Waals surface area contributed by atoms with Gasteiger partial charge in [0.1, 0.15) is 0 Å². The lowest BCUT2D eigenvalue weighted by Crippen LogP contribution is -2.53. The van der Waals surface area contributed by atoms with E-state index in [-0.39, 0.29) is 6.04 Å². The van der Waals surface area contributed by atoms with Gasteiger partial charge in [-0.2, -0.15) is 0 Å². The van der Waals surface area contributed by atoms with Gasteiger partial charge in [0.15, 0.2) is 0 Å². The molecule has 0 radical (unpaired) electrons. The van der Waals surface area contributed by atoms with Gasteiger partial charge in [0, 0.05) is 42.8 Å². The van der Waals surface area contributed by atoms with Crippen LogP contribution in [0.2, 0.25) is 0 Å². The van der Waals surface area contributed by atoms with Crippen molar-refractivity contribution in [3.8, 4) is 0 Å². The van der Waals surface area contributed by atoms with E-state index in [9.17, 15) is 4.79 Å². The fourth-order valence-electron chi connectivity index (χ4n) is 5.61. The van der Waals surface area contributed by atoms with Crippen LogP contribution in [0.4, 0.5) is 0 Å². The van der Waals surface area contributed by atoms with E-state index in [1.165, 1.54) is 67.1 Å². The van der Waals surface area contributed by atoms with Gasteiger partial charge in [0.05, 0.1) is 6.04 Å². The van der Waals surface area contributed by atoms with E-state index in [4.69, 9.17) is 0 Å². The van der Waals surface area contributed by atoms with Crippen LogP contribution in [0.5, 0.6) is 0 Å². The average molecular weight is 424 g/mol. The van der Waals surface area contributed by atoms with E-state index in [0.717, 1.165) is 52.0 Å². The Balaban J connectivity index is 1.66. The molecule has 4 heteroatoms. The summed E-state index contributed by atoms with van der Waals surface area (Å²) in [5, 5.41) is 1.37. The summed E-state index contributed by atoms with van der Waals surface area (Å²) in [7, 11) is 0. The maximum Gasteiger partial charge on any atom is 0.240 e. The molecule has 0 aliphatic carbocycles. The first kappa shape index (κ1) is 22.4. The number of carbonyl (C=O) groups is 1. The largest absolute Gasteiger partial charge is 0.343 e. The SMILES string of the molecule is CCCCCN1Cc2c(c3ccccc3n2CCCCC)C[C@@H]1C(=O)N1CCCCC1. The highest BCUT2D eigenvalue weighted by molar-refractivity contribution is 5.88. The quantitative estimate of drug-likeness (QED) is 0.480. The second kappa shape index (κ2) is 10.7. The molecule has 4 nitrogen and oxygen atoms in total. The minimum atomic E-state index is 0.0114. The zero-order valence-electron chi connectivity index (χ0n) is 19.7. The summed E-state index contributed by atoms with van der Waals surface area (Å²) in [5.41, 5.74) is 4.27. The summed E-state index contributed by atoms with van der Waals surface area (Å²) in [6, 6.07) is 8.90. The van der Waals surface area contributed by atoms with E-state index >= 15 is 0 Å². The van der Waals surface area contributed by atoms with Crippen LogP contribution in [0.3, 0.4) is 0 Å². The number of rotatable bonds is 9. The van der Waals surface area contributed by atoms with Crippen LogP contribution in [0.25, 0.3) is 10.9 Å². The Hall–Kier alpha value is -1.81. The molecule has 2 aromatic rings. The van der Waals surface area contributed by atoms with Crippen molar-refractivity contribution in [2.75, 3.05) is 19.6 Å². The Kier molecular flexibility index (Phi) is 7.71. The van der Waals surface area contributed by atoms with Crippen LogP contribution < -0.4 is 0 Å². The minimum absolute atomic E-state index is 0.0114. The molecule has 1 aromatic heterocycles. The number of hydrogen-bond acceptors (Lipinski definition) is 2. The monoisotopic (exact) mass is 423 g/mol. The van der Waals surface area contributed by atoms with E-state index < -0.39 is 0 Å². The first-order valence-corrected chi connectivity index (χ1v) is 12.9. The molecule has 3 heterocycles. The summed E-state index contributed by atoms with van der Waals surface area (Å²) in [6.07, 6.45) is 11.9. The molecule has 1 aromatic carbocycles. The fraction of sp³-hybridized carbons (Fsp3) is 0.667. The van der Waals surface area contributed by atoms with Gasteiger partial charge in [-0.3, -0.25) is 9.69 Å². The molecule has 0 N–H and O–H groups in total. The van der Waals surface area contributed by atoms with Gasteiger partial charge >= 0.3 is 0 Å². The van der Waals surface area contributed by atoms with Crippen LogP contribution in [-0.4, -0.2) is 46.0 Å². The molecular formula is C27H41N3O. The zero-order valence-corrected chi connectivity index (χ0v) is 19.7. The maximum absolute atomic E-state index is 13.6. The first-order valence-electron chi connectivity index (χ1n) is 12.9. The Bertz CT molecular complexity index is 865. The van der Waals surface area contributed by atoms with Crippen molar-refractivity contribution in [2.24, 2.45) is 0 Å². The molecular weight excluding hydrogens is 382 g/mol. The predicted molar refractivity (Wildman–Crippen MR) is 129 cm³/mol. The topological polar surface area (TPSA) is 28.5 Å². The molecule has 1 fully saturated rings. The number of likely N-dealkylation sites (tertiary alicyclic amines) is 1.